The van der Waals surface area contributed by atoms with Crippen molar-refractivity contribution in [3.63, 3.8) is 0 Å². The van der Waals surface area contributed by atoms with Crippen LogP contribution in [0, 0.1) is 0 Å². The molecule has 0 amide bonds. The molecule has 2 rings (SSSR count). The van der Waals surface area contributed by atoms with Gasteiger partial charge in [0.25, 0.3) is 0 Å². The molecular weight excluding hydrogens is 315 g/mol. The SMILES string of the molecule is CCOC(=O)c1cc(Oc2cc(Cl)cc(Cl)c2)ncc1N. The molecule has 7 heteroatoms. The average molecular weight is 327 g/mol. The minimum atomic E-state index is -0.536. The summed E-state index contributed by atoms with van der Waals surface area (Å²) in [6.07, 6.45) is 1.33. The number of hydrogen-bond acceptors (Lipinski definition) is 5. The van der Waals surface area contributed by atoms with E-state index in [1.807, 2.05) is 0 Å². The molecule has 0 unspecified atom stereocenters. The van der Waals surface area contributed by atoms with Gasteiger partial charge in [-0.05, 0) is 25.1 Å². The predicted molar refractivity (Wildman–Crippen MR) is 81.1 cm³/mol. The molecule has 0 aliphatic carbocycles. The van der Waals surface area contributed by atoms with Crippen LogP contribution in [0.15, 0.2) is 30.5 Å². The van der Waals surface area contributed by atoms with Gasteiger partial charge in [0.1, 0.15) is 5.75 Å². The van der Waals surface area contributed by atoms with Crippen molar-refractivity contribution in [2.45, 2.75) is 6.92 Å². The Hall–Kier alpha value is -1.98. The van der Waals surface area contributed by atoms with Gasteiger partial charge in [0.2, 0.25) is 5.88 Å². The number of pyridine rings is 1. The standard InChI is InChI=1S/C14H12Cl2N2O3/c1-2-20-14(19)11-6-13(18-7-12(11)17)21-10-4-8(15)3-9(16)5-10/h3-7H,2,17H2,1H3. The molecule has 0 saturated heterocycles. The number of nitrogens with two attached hydrogens (primary N) is 1. The molecule has 1 aromatic carbocycles. The third kappa shape index (κ3) is 4.00. The molecule has 2 N–H and O–H groups in total. The van der Waals surface area contributed by atoms with Gasteiger partial charge in [0, 0.05) is 16.1 Å². The van der Waals surface area contributed by atoms with E-state index < -0.39 is 5.97 Å². The number of aromatic nitrogens is 1. The van der Waals surface area contributed by atoms with Crippen LogP contribution in [0.2, 0.25) is 10.0 Å². The molecule has 0 aliphatic rings. The first kappa shape index (κ1) is 15.4. The van der Waals surface area contributed by atoms with Gasteiger partial charge >= 0.3 is 5.97 Å². The number of carbonyl (C=O) groups is 1. The topological polar surface area (TPSA) is 74.4 Å². The fourth-order valence-electron chi connectivity index (χ4n) is 1.60. The molecule has 0 spiro atoms. The highest BCUT2D eigenvalue weighted by atomic mass is 35.5. The van der Waals surface area contributed by atoms with E-state index in [4.69, 9.17) is 38.4 Å². The summed E-state index contributed by atoms with van der Waals surface area (Å²) in [6, 6.07) is 6.14. The molecule has 0 radical (unpaired) electrons. The number of ether oxygens (including phenoxy) is 2. The summed E-state index contributed by atoms with van der Waals surface area (Å²) in [5.41, 5.74) is 6.10. The minimum absolute atomic E-state index is 0.186. The van der Waals surface area contributed by atoms with Crippen LogP contribution in [0.5, 0.6) is 11.6 Å². The van der Waals surface area contributed by atoms with Crippen molar-refractivity contribution >= 4 is 34.9 Å². The normalized spacial score (nSPS) is 10.2. The zero-order chi connectivity index (χ0) is 15.4. The highest BCUT2D eigenvalue weighted by molar-refractivity contribution is 6.34. The summed E-state index contributed by atoms with van der Waals surface area (Å²) in [4.78, 5) is 15.7. The molecule has 0 aliphatic heterocycles. The Morgan fingerprint density at radius 3 is 2.52 bits per heavy atom. The van der Waals surface area contributed by atoms with Crippen LogP contribution in [0.4, 0.5) is 5.69 Å². The molecule has 21 heavy (non-hydrogen) atoms. The highest BCUT2D eigenvalue weighted by Gasteiger charge is 2.13. The lowest BCUT2D eigenvalue weighted by Gasteiger charge is -2.09. The van der Waals surface area contributed by atoms with Crippen molar-refractivity contribution < 1.29 is 14.3 Å². The largest absolute Gasteiger partial charge is 0.462 e. The third-order valence-corrected chi connectivity index (χ3v) is 2.90. The van der Waals surface area contributed by atoms with E-state index in [0.717, 1.165) is 0 Å². The Morgan fingerprint density at radius 1 is 1.24 bits per heavy atom. The Morgan fingerprint density at radius 2 is 1.90 bits per heavy atom. The van der Waals surface area contributed by atoms with Crippen LogP contribution in [-0.2, 0) is 4.74 Å². The monoisotopic (exact) mass is 326 g/mol. The maximum absolute atomic E-state index is 11.8. The number of nitrogen functional groups attached to an aromatic ring is 1. The molecule has 0 bridgehead atoms. The van der Waals surface area contributed by atoms with E-state index >= 15 is 0 Å². The van der Waals surface area contributed by atoms with E-state index in [-0.39, 0.29) is 23.7 Å². The summed E-state index contributed by atoms with van der Waals surface area (Å²) in [7, 11) is 0. The van der Waals surface area contributed by atoms with Crippen molar-refractivity contribution in [3.05, 3.63) is 46.1 Å². The second-order valence-corrected chi connectivity index (χ2v) is 4.91. The zero-order valence-electron chi connectivity index (χ0n) is 11.1. The second kappa shape index (κ2) is 6.65. The number of nitrogens with zero attached hydrogens (tertiary/aromatic N) is 1. The van der Waals surface area contributed by atoms with Crippen LogP contribution >= 0.6 is 23.2 Å². The van der Waals surface area contributed by atoms with Crippen molar-refractivity contribution in [3.8, 4) is 11.6 Å². The number of hydrogen-bond donors (Lipinski definition) is 1. The number of carbonyl (C=O) groups excluding carboxylic acids is 1. The van der Waals surface area contributed by atoms with Crippen LogP contribution in [0.1, 0.15) is 17.3 Å². The zero-order valence-corrected chi connectivity index (χ0v) is 12.6. The van der Waals surface area contributed by atoms with E-state index in [1.54, 1.807) is 25.1 Å². The molecular formula is C14H12Cl2N2O3. The van der Waals surface area contributed by atoms with Crippen LogP contribution < -0.4 is 10.5 Å². The van der Waals surface area contributed by atoms with E-state index in [1.165, 1.54) is 12.3 Å². The molecule has 110 valence electrons. The first-order chi connectivity index (χ1) is 9.99. The quantitative estimate of drug-likeness (QED) is 0.861. The van der Waals surface area contributed by atoms with Gasteiger partial charge in [-0.25, -0.2) is 9.78 Å². The smallest absolute Gasteiger partial charge is 0.340 e. The maximum Gasteiger partial charge on any atom is 0.340 e. The summed E-state index contributed by atoms with van der Waals surface area (Å²) in [5.74, 6) is 0.0524. The molecule has 0 atom stereocenters. The van der Waals surface area contributed by atoms with Crippen molar-refractivity contribution in [2.24, 2.45) is 0 Å². The van der Waals surface area contributed by atoms with E-state index in [2.05, 4.69) is 4.98 Å². The molecule has 5 nitrogen and oxygen atoms in total. The van der Waals surface area contributed by atoms with Crippen molar-refractivity contribution in [1.29, 1.82) is 0 Å². The number of halogens is 2. The van der Waals surface area contributed by atoms with Gasteiger partial charge in [-0.3, -0.25) is 0 Å². The second-order valence-electron chi connectivity index (χ2n) is 4.04. The number of esters is 1. The van der Waals surface area contributed by atoms with Gasteiger partial charge in [0.15, 0.2) is 0 Å². The van der Waals surface area contributed by atoms with Gasteiger partial charge in [-0.1, -0.05) is 23.2 Å². The van der Waals surface area contributed by atoms with Gasteiger partial charge in [-0.15, -0.1) is 0 Å². The Labute approximate surface area is 131 Å². The van der Waals surface area contributed by atoms with Crippen molar-refractivity contribution in [2.75, 3.05) is 12.3 Å². The lowest BCUT2D eigenvalue weighted by atomic mass is 10.2. The lowest BCUT2D eigenvalue weighted by Crippen LogP contribution is -2.08. The predicted octanol–water partition coefficient (Wildman–Crippen LogP) is 3.94. The Bertz CT molecular complexity index is 657. The maximum atomic E-state index is 11.8. The summed E-state index contributed by atoms with van der Waals surface area (Å²) < 4.78 is 10.4. The first-order valence-corrected chi connectivity index (χ1v) is 6.81. The number of anilines is 1. The van der Waals surface area contributed by atoms with E-state index in [9.17, 15) is 4.79 Å². The minimum Gasteiger partial charge on any atom is -0.462 e. The molecule has 1 heterocycles. The summed E-state index contributed by atoms with van der Waals surface area (Å²) in [6.45, 7) is 1.96. The van der Waals surface area contributed by atoms with E-state index in [0.29, 0.717) is 15.8 Å². The Balaban J connectivity index is 2.28. The van der Waals surface area contributed by atoms with Gasteiger partial charge in [-0.2, -0.15) is 0 Å². The van der Waals surface area contributed by atoms with Crippen LogP contribution in [0.25, 0.3) is 0 Å². The number of rotatable bonds is 4. The fraction of sp³-hybridized carbons (Fsp3) is 0.143. The van der Waals surface area contributed by atoms with Crippen LogP contribution in [-0.4, -0.2) is 17.6 Å². The lowest BCUT2D eigenvalue weighted by molar-refractivity contribution is 0.0527. The fourth-order valence-corrected chi connectivity index (χ4v) is 2.10. The Kier molecular flexibility index (Phi) is 4.88. The van der Waals surface area contributed by atoms with Gasteiger partial charge in [0.05, 0.1) is 24.1 Å². The number of benzene rings is 1. The highest BCUT2D eigenvalue weighted by Crippen LogP contribution is 2.28. The first-order valence-electron chi connectivity index (χ1n) is 6.06. The summed E-state index contributed by atoms with van der Waals surface area (Å²) in [5, 5.41) is 0.858. The molecule has 0 fully saturated rings. The van der Waals surface area contributed by atoms with Gasteiger partial charge < -0.3 is 15.2 Å². The summed E-state index contributed by atoms with van der Waals surface area (Å²) >= 11 is 11.8. The molecule has 2 aromatic rings. The third-order valence-electron chi connectivity index (χ3n) is 2.46. The average Bonchev–Trinajstić information content (AvgIpc) is 2.40. The molecule has 1 aromatic heterocycles. The molecule has 0 saturated carbocycles. The van der Waals surface area contributed by atoms with Crippen molar-refractivity contribution in [1.82, 2.24) is 4.98 Å². The van der Waals surface area contributed by atoms with Crippen LogP contribution in [0.3, 0.4) is 0 Å².